The Morgan fingerprint density at radius 2 is 1.63 bits per heavy atom. The van der Waals surface area contributed by atoms with Gasteiger partial charge >= 0.3 is 0 Å². The first-order valence-electron chi connectivity index (χ1n) is 8.86. The van der Waals surface area contributed by atoms with E-state index in [9.17, 15) is 9.59 Å². The normalized spacial score (nSPS) is 10.3. The topological polar surface area (TPSA) is 70.2 Å². The molecule has 144 valence electrons. The van der Waals surface area contributed by atoms with Crippen molar-refractivity contribution in [3.05, 3.63) is 52.5 Å². The van der Waals surface area contributed by atoms with Crippen molar-refractivity contribution in [2.75, 3.05) is 22.5 Å². The van der Waals surface area contributed by atoms with E-state index in [1.54, 1.807) is 42.5 Å². The van der Waals surface area contributed by atoms with Crippen molar-refractivity contribution in [1.29, 1.82) is 0 Å². The van der Waals surface area contributed by atoms with Gasteiger partial charge in [0.05, 0.1) is 17.3 Å². The van der Waals surface area contributed by atoms with Crippen LogP contribution >= 0.6 is 23.2 Å². The van der Waals surface area contributed by atoms with Crippen molar-refractivity contribution in [1.82, 2.24) is 0 Å². The van der Waals surface area contributed by atoms with E-state index < -0.39 is 0 Å². The first-order chi connectivity index (χ1) is 13.0. The van der Waals surface area contributed by atoms with Crippen molar-refractivity contribution in [2.24, 2.45) is 0 Å². The molecule has 0 heterocycles. The van der Waals surface area contributed by atoms with Crippen LogP contribution in [-0.2, 0) is 9.59 Å². The minimum absolute atomic E-state index is 0.0239. The molecule has 0 saturated carbocycles. The number of benzene rings is 2. The Morgan fingerprint density at radius 1 is 0.926 bits per heavy atom. The number of carbonyl (C=O) groups is 2. The van der Waals surface area contributed by atoms with Crippen LogP contribution in [-0.4, -0.2) is 18.4 Å². The van der Waals surface area contributed by atoms with E-state index in [0.717, 1.165) is 19.3 Å². The van der Waals surface area contributed by atoms with E-state index in [1.807, 2.05) is 0 Å². The van der Waals surface area contributed by atoms with Gasteiger partial charge in [-0.15, -0.1) is 0 Å². The summed E-state index contributed by atoms with van der Waals surface area (Å²) in [5, 5.41) is 9.60. The Balaban J connectivity index is 1.86. The average Bonchev–Trinajstić information content (AvgIpc) is 2.63. The summed E-state index contributed by atoms with van der Waals surface area (Å²) in [6.07, 6.45) is 3.47. The SMILES string of the molecule is CCCCCC(=O)Nc1cccc(NC(=O)CNc2cc(Cl)ccc2Cl)c1. The molecule has 0 aliphatic heterocycles. The molecular weight excluding hydrogens is 385 g/mol. The zero-order valence-electron chi connectivity index (χ0n) is 15.1. The second-order valence-corrected chi connectivity index (χ2v) is 6.96. The van der Waals surface area contributed by atoms with E-state index in [-0.39, 0.29) is 18.4 Å². The largest absolute Gasteiger partial charge is 0.375 e. The number of carbonyl (C=O) groups excluding carboxylic acids is 2. The number of rotatable bonds is 9. The third-order valence-corrected chi connectivity index (χ3v) is 4.37. The highest BCUT2D eigenvalue weighted by Crippen LogP contribution is 2.25. The average molecular weight is 408 g/mol. The molecule has 2 amide bonds. The van der Waals surface area contributed by atoms with Gasteiger partial charge in [-0.2, -0.15) is 0 Å². The van der Waals surface area contributed by atoms with Crippen molar-refractivity contribution in [3.63, 3.8) is 0 Å². The van der Waals surface area contributed by atoms with Crippen LogP contribution in [0.25, 0.3) is 0 Å². The van der Waals surface area contributed by atoms with Gasteiger partial charge in [-0.3, -0.25) is 9.59 Å². The highest BCUT2D eigenvalue weighted by Gasteiger charge is 2.07. The monoisotopic (exact) mass is 407 g/mol. The second-order valence-electron chi connectivity index (χ2n) is 6.11. The third kappa shape index (κ3) is 7.49. The fraction of sp³-hybridized carbons (Fsp3) is 0.300. The lowest BCUT2D eigenvalue weighted by atomic mass is 10.2. The minimum atomic E-state index is -0.238. The van der Waals surface area contributed by atoms with Crippen molar-refractivity contribution in [2.45, 2.75) is 32.6 Å². The fourth-order valence-electron chi connectivity index (χ4n) is 2.45. The summed E-state index contributed by atoms with van der Waals surface area (Å²) in [6.45, 7) is 2.13. The molecule has 2 aromatic carbocycles. The van der Waals surface area contributed by atoms with E-state index in [1.165, 1.54) is 0 Å². The maximum Gasteiger partial charge on any atom is 0.243 e. The molecule has 0 unspecified atom stereocenters. The van der Waals surface area contributed by atoms with Crippen molar-refractivity contribution < 1.29 is 9.59 Å². The van der Waals surface area contributed by atoms with Gasteiger partial charge in [0.25, 0.3) is 0 Å². The van der Waals surface area contributed by atoms with Crippen LogP contribution in [0, 0.1) is 0 Å². The summed E-state index contributed by atoms with van der Waals surface area (Å²) in [6, 6.07) is 12.1. The Kier molecular flexibility index (Phi) is 8.43. The standard InChI is InChI=1S/C20H23Cl2N3O2/c1-2-3-4-8-19(26)24-15-6-5-7-16(12-15)25-20(27)13-23-18-11-14(21)9-10-17(18)22/h5-7,9-12,23H,2-4,8,13H2,1H3,(H,24,26)(H,25,27). The van der Waals surface area contributed by atoms with Crippen LogP contribution in [0.15, 0.2) is 42.5 Å². The van der Waals surface area contributed by atoms with E-state index in [4.69, 9.17) is 23.2 Å². The van der Waals surface area contributed by atoms with Gasteiger partial charge in [-0.1, -0.05) is 49.0 Å². The van der Waals surface area contributed by atoms with Gasteiger partial charge in [-0.05, 0) is 42.8 Å². The molecule has 2 aromatic rings. The molecule has 3 N–H and O–H groups in total. The number of halogens is 2. The van der Waals surface area contributed by atoms with Crippen LogP contribution in [0.4, 0.5) is 17.1 Å². The number of hydrogen-bond acceptors (Lipinski definition) is 3. The maximum atomic E-state index is 12.2. The van der Waals surface area contributed by atoms with Gasteiger partial charge in [0.1, 0.15) is 0 Å². The van der Waals surface area contributed by atoms with Gasteiger partial charge in [0.2, 0.25) is 11.8 Å². The van der Waals surface area contributed by atoms with Crippen LogP contribution in [0.2, 0.25) is 10.0 Å². The zero-order chi connectivity index (χ0) is 19.6. The molecule has 0 atom stereocenters. The predicted octanol–water partition coefficient (Wildman–Crippen LogP) is 5.56. The lowest BCUT2D eigenvalue weighted by Gasteiger charge is -2.11. The Morgan fingerprint density at radius 3 is 2.33 bits per heavy atom. The summed E-state index contributed by atoms with van der Waals surface area (Å²) in [5.74, 6) is -0.262. The lowest BCUT2D eigenvalue weighted by Crippen LogP contribution is -2.22. The quantitative estimate of drug-likeness (QED) is 0.476. The molecule has 0 fully saturated rings. The zero-order valence-corrected chi connectivity index (χ0v) is 16.7. The van der Waals surface area contributed by atoms with Gasteiger partial charge in [0, 0.05) is 22.8 Å². The smallest absolute Gasteiger partial charge is 0.243 e. The minimum Gasteiger partial charge on any atom is -0.375 e. The molecule has 7 heteroatoms. The summed E-state index contributed by atoms with van der Waals surface area (Å²) in [5.41, 5.74) is 1.85. The molecule has 0 aliphatic rings. The fourth-order valence-corrected chi connectivity index (χ4v) is 2.80. The number of amides is 2. The van der Waals surface area contributed by atoms with Crippen LogP contribution in [0.3, 0.4) is 0 Å². The van der Waals surface area contributed by atoms with Gasteiger partial charge < -0.3 is 16.0 Å². The summed E-state index contributed by atoms with van der Waals surface area (Å²) in [4.78, 5) is 24.1. The van der Waals surface area contributed by atoms with E-state index in [2.05, 4.69) is 22.9 Å². The summed E-state index contributed by atoms with van der Waals surface area (Å²) in [7, 11) is 0. The molecule has 0 bridgehead atoms. The maximum absolute atomic E-state index is 12.2. The summed E-state index contributed by atoms with van der Waals surface area (Å²) < 4.78 is 0. The number of unbranched alkanes of at least 4 members (excludes halogenated alkanes) is 2. The Bertz CT molecular complexity index is 797. The van der Waals surface area contributed by atoms with Crippen LogP contribution in [0.1, 0.15) is 32.6 Å². The van der Waals surface area contributed by atoms with Crippen molar-refractivity contribution >= 4 is 52.1 Å². The van der Waals surface area contributed by atoms with Gasteiger partial charge in [-0.25, -0.2) is 0 Å². The van der Waals surface area contributed by atoms with Crippen molar-refractivity contribution in [3.8, 4) is 0 Å². The number of anilines is 3. The van der Waals surface area contributed by atoms with E-state index >= 15 is 0 Å². The van der Waals surface area contributed by atoms with Crippen LogP contribution in [0.5, 0.6) is 0 Å². The van der Waals surface area contributed by atoms with Gasteiger partial charge in [0.15, 0.2) is 0 Å². The summed E-state index contributed by atoms with van der Waals surface area (Å²) >= 11 is 12.0. The van der Waals surface area contributed by atoms with Crippen LogP contribution < -0.4 is 16.0 Å². The molecule has 2 rings (SSSR count). The second kappa shape index (κ2) is 10.8. The Labute approximate surface area is 169 Å². The molecule has 5 nitrogen and oxygen atoms in total. The lowest BCUT2D eigenvalue weighted by molar-refractivity contribution is -0.116. The third-order valence-electron chi connectivity index (χ3n) is 3.81. The molecule has 0 aliphatic carbocycles. The number of nitrogens with one attached hydrogen (secondary N) is 3. The molecular formula is C20H23Cl2N3O2. The molecule has 0 aromatic heterocycles. The number of hydrogen-bond donors (Lipinski definition) is 3. The first kappa shape index (κ1) is 21.1. The molecule has 0 saturated heterocycles. The molecule has 27 heavy (non-hydrogen) atoms. The Hall–Kier alpha value is -2.24. The molecule has 0 radical (unpaired) electrons. The predicted molar refractivity (Wildman–Crippen MR) is 113 cm³/mol. The van der Waals surface area contributed by atoms with E-state index in [0.29, 0.717) is 33.5 Å². The highest BCUT2D eigenvalue weighted by atomic mass is 35.5. The highest BCUT2D eigenvalue weighted by molar-refractivity contribution is 6.35. The first-order valence-corrected chi connectivity index (χ1v) is 9.62. The molecule has 0 spiro atoms.